The van der Waals surface area contributed by atoms with Crippen LogP contribution in [0.25, 0.3) is 10.8 Å². The monoisotopic (exact) mass is 539 g/mol. The average Bonchev–Trinajstić information content (AvgIpc) is 3.41. The van der Waals surface area contributed by atoms with E-state index in [9.17, 15) is 14.7 Å². The third-order valence-electron chi connectivity index (χ3n) is 6.62. The number of fused-ring (bicyclic) bond motifs is 2. The molecule has 0 saturated carbocycles. The number of carbonyl (C=O) groups is 2. The number of anilines is 3. The van der Waals surface area contributed by atoms with Gasteiger partial charge in [-0.2, -0.15) is 0 Å². The molecule has 2 amide bonds. The van der Waals surface area contributed by atoms with Crippen LogP contribution in [-0.2, 0) is 9.53 Å². The number of rotatable bonds is 7. The Hall–Kier alpha value is -5.18. The van der Waals surface area contributed by atoms with Crippen molar-refractivity contribution in [2.45, 2.75) is 20.0 Å². The van der Waals surface area contributed by atoms with E-state index in [1.807, 2.05) is 32.0 Å². The molecule has 5 N–H and O–H groups in total. The Balaban J connectivity index is 1.44. The summed E-state index contributed by atoms with van der Waals surface area (Å²) in [6, 6.07) is 22.6. The summed E-state index contributed by atoms with van der Waals surface area (Å²) in [6.45, 7) is 3.83. The van der Waals surface area contributed by atoms with E-state index in [1.54, 1.807) is 66.7 Å². The lowest BCUT2D eigenvalue weighted by Crippen LogP contribution is -2.28. The molecule has 0 unspecified atom stereocenters. The fraction of sp³-hybridized carbons (Fsp3) is 0.161. The molecular weight excluding hydrogens is 510 g/mol. The second kappa shape index (κ2) is 10.9. The van der Waals surface area contributed by atoms with Crippen LogP contribution in [0.1, 0.15) is 25.5 Å². The van der Waals surface area contributed by atoms with Crippen molar-refractivity contribution < 1.29 is 28.9 Å². The molecule has 0 aromatic heterocycles. The van der Waals surface area contributed by atoms with Crippen molar-refractivity contribution in [2.75, 3.05) is 23.2 Å². The number of nitrogens with two attached hydrogens (primary N) is 1. The molecule has 1 aliphatic heterocycles. The average molecular weight is 540 g/mol. The van der Waals surface area contributed by atoms with Crippen LogP contribution in [0.3, 0.4) is 0 Å². The van der Waals surface area contributed by atoms with E-state index in [2.05, 4.69) is 10.6 Å². The third-order valence-corrected chi connectivity index (χ3v) is 6.62. The molecule has 1 heterocycles. The van der Waals surface area contributed by atoms with Gasteiger partial charge in [0.05, 0.1) is 11.4 Å². The number of amides is 2. The van der Waals surface area contributed by atoms with Gasteiger partial charge >= 0.3 is 6.09 Å². The van der Waals surface area contributed by atoms with E-state index in [0.717, 1.165) is 0 Å². The quantitative estimate of drug-likeness (QED) is 0.159. The van der Waals surface area contributed by atoms with Crippen LogP contribution < -0.4 is 25.8 Å². The molecule has 4 aromatic carbocycles. The van der Waals surface area contributed by atoms with E-state index in [4.69, 9.17) is 19.9 Å². The van der Waals surface area contributed by atoms with Gasteiger partial charge in [-0.15, -0.1) is 0 Å². The first kappa shape index (κ1) is 26.4. The van der Waals surface area contributed by atoms with E-state index in [0.29, 0.717) is 44.9 Å². The van der Waals surface area contributed by atoms with Crippen LogP contribution >= 0.6 is 0 Å². The number of benzene rings is 4. The summed E-state index contributed by atoms with van der Waals surface area (Å²) in [7, 11) is 0. The van der Waals surface area contributed by atoms with Crippen LogP contribution in [0.5, 0.6) is 17.2 Å². The summed E-state index contributed by atoms with van der Waals surface area (Å²) >= 11 is 0. The van der Waals surface area contributed by atoms with Crippen molar-refractivity contribution in [3.05, 3.63) is 96.6 Å². The van der Waals surface area contributed by atoms with Crippen LogP contribution in [0, 0.1) is 5.41 Å². The maximum atomic E-state index is 13.2. The highest BCUT2D eigenvalue weighted by molar-refractivity contribution is 6.01. The predicted octanol–water partition coefficient (Wildman–Crippen LogP) is 6.37. The Morgan fingerprint density at radius 3 is 2.48 bits per heavy atom. The minimum Gasteiger partial charge on any atom is -0.507 e. The van der Waals surface area contributed by atoms with Crippen molar-refractivity contribution in [1.29, 1.82) is 0 Å². The number of para-hydroxylation sites is 2. The van der Waals surface area contributed by atoms with Crippen LogP contribution in [0.2, 0.25) is 0 Å². The van der Waals surface area contributed by atoms with Gasteiger partial charge in [0, 0.05) is 28.1 Å². The topological polar surface area (TPSA) is 132 Å². The summed E-state index contributed by atoms with van der Waals surface area (Å²) in [5.41, 5.74) is 7.15. The molecule has 0 saturated heterocycles. The third kappa shape index (κ3) is 5.63. The molecule has 40 heavy (non-hydrogen) atoms. The molecule has 9 heteroatoms. The first-order chi connectivity index (χ1) is 19.2. The van der Waals surface area contributed by atoms with Crippen LogP contribution in [0.15, 0.2) is 91.0 Å². The van der Waals surface area contributed by atoms with Crippen molar-refractivity contribution in [3.8, 4) is 17.2 Å². The first-order valence-electron chi connectivity index (χ1n) is 12.6. The number of aromatic hydroxyl groups is 1. The summed E-state index contributed by atoms with van der Waals surface area (Å²) < 4.78 is 16.8. The van der Waals surface area contributed by atoms with Crippen molar-refractivity contribution in [1.82, 2.24) is 0 Å². The van der Waals surface area contributed by atoms with Gasteiger partial charge in [-0.25, -0.2) is 4.79 Å². The summed E-state index contributed by atoms with van der Waals surface area (Å²) in [6.07, 6.45) is 1.52. The molecular formula is C31H29N3O6. The molecule has 0 spiro atoms. The Kier molecular flexibility index (Phi) is 7.20. The van der Waals surface area contributed by atoms with Crippen molar-refractivity contribution >= 4 is 39.8 Å². The standard InChI is InChI=1S/C31H29N3O6/c1-31(2,16-15-28(36)34-24-10-6-5-9-23(24)32)29(22-12-13-25(35)21-8-4-3-7-20(21)22)40-30(37)33-19-11-14-26-27(17-19)39-18-38-26/h3-17,29,35H,18,32H2,1-2H3,(H,33,37)(H,34,36)/b16-15+/t29-/m0/s1. The van der Waals surface area contributed by atoms with Gasteiger partial charge in [-0.1, -0.05) is 62.4 Å². The zero-order valence-electron chi connectivity index (χ0n) is 22.0. The van der Waals surface area contributed by atoms with Gasteiger partial charge in [0.1, 0.15) is 11.9 Å². The van der Waals surface area contributed by atoms with E-state index < -0.39 is 17.6 Å². The second-order valence-corrected chi connectivity index (χ2v) is 9.93. The van der Waals surface area contributed by atoms with E-state index in [1.165, 1.54) is 6.08 Å². The van der Waals surface area contributed by atoms with Gasteiger partial charge in [-0.3, -0.25) is 10.1 Å². The predicted molar refractivity (Wildman–Crippen MR) is 153 cm³/mol. The summed E-state index contributed by atoms with van der Waals surface area (Å²) in [4.78, 5) is 25.9. The number of hydrogen-bond acceptors (Lipinski definition) is 7. The number of nitrogen functional groups attached to an aromatic ring is 1. The highest BCUT2D eigenvalue weighted by Crippen LogP contribution is 2.43. The Bertz CT molecular complexity index is 1610. The molecule has 9 nitrogen and oxygen atoms in total. The zero-order valence-corrected chi connectivity index (χ0v) is 22.0. The fourth-order valence-corrected chi connectivity index (χ4v) is 4.54. The maximum Gasteiger partial charge on any atom is 0.412 e. The molecule has 0 radical (unpaired) electrons. The number of nitrogens with one attached hydrogen (secondary N) is 2. The highest BCUT2D eigenvalue weighted by atomic mass is 16.7. The van der Waals surface area contributed by atoms with Crippen molar-refractivity contribution in [2.24, 2.45) is 5.41 Å². The molecule has 204 valence electrons. The minimum absolute atomic E-state index is 0.107. The molecule has 5 rings (SSSR count). The van der Waals surface area contributed by atoms with Gasteiger partial charge in [-0.05, 0) is 41.8 Å². The minimum atomic E-state index is -0.870. The van der Waals surface area contributed by atoms with Gasteiger partial charge < -0.3 is 30.4 Å². The first-order valence-corrected chi connectivity index (χ1v) is 12.6. The fourth-order valence-electron chi connectivity index (χ4n) is 4.54. The lowest BCUT2D eigenvalue weighted by atomic mass is 9.80. The molecule has 0 fully saturated rings. The molecule has 0 aliphatic carbocycles. The number of hydrogen-bond donors (Lipinski definition) is 4. The molecule has 4 aromatic rings. The lowest BCUT2D eigenvalue weighted by molar-refractivity contribution is -0.112. The largest absolute Gasteiger partial charge is 0.507 e. The zero-order chi connectivity index (χ0) is 28.3. The number of phenolic OH excluding ortho intramolecular Hbond substituents is 1. The smallest absolute Gasteiger partial charge is 0.412 e. The van der Waals surface area contributed by atoms with Crippen LogP contribution in [0.4, 0.5) is 21.9 Å². The highest BCUT2D eigenvalue weighted by Gasteiger charge is 2.34. The van der Waals surface area contributed by atoms with E-state index in [-0.39, 0.29) is 18.4 Å². The molecule has 0 bridgehead atoms. The molecule has 1 atom stereocenters. The van der Waals surface area contributed by atoms with Crippen LogP contribution in [-0.4, -0.2) is 23.9 Å². The SMILES string of the molecule is CC(C)(/C=C/C(=O)Nc1ccccc1N)[C@@H](OC(=O)Nc1ccc2c(c1)OCO2)c1ccc(O)c2ccccc12. The summed E-state index contributed by atoms with van der Waals surface area (Å²) in [5.74, 6) is 0.836. The Morgan fingerprint density at radius 2 is 1.68 bits per heavy atom. The second-order valence-electron chi connectivity index (χ2n) is 9.93. The maximum absolute atomic E-state index is 13.2. The van der Waals surface area contributed by atoms with E-state index >= 15 is 0 Å². The van der Waals surface area contributed by atoms with Crippen molar-refractivity contribution in [3.63, 3.8) is 0 Å². The number of carbonyl (C=O) groups excluding carboxylic acids is 2. The summed E-state index contributed by atoms with van der Waals surface area (Å²) in [5, 5.41) is 17.3. The Morgan fingerprint density at radius 1 is 0.950 bits per heavy atom. The van der Waals surface area contributed by atoms with Gasteiger partial charge in [0.2, 0.25) is 12.7 Å². The van der Waals surface area contributed by atoms with Gasteiger partial charge in [0.25, 0.3) is 0 Å². The number of phenols is 1. The normalized spacial score (nSPS) is 13.2. The molecule has 1 aliphatic rings. The Labute approximate surface area is 231 Å². The number of ether oxygens (including phenoxy) is 3. The lowest BCUT2D eigenvalue weighted by Gasteiger charge is -2.32. The van der Waals surface area contributed by atoms with Gasteiger partial charge in [0.15, 0.2) is 11.5 Å².